The van der Waals surface area contributed by atoms with Crippen LogP contribution in [0.1, 0.15) is 31.2 Å². The number of nitrogens with two attached hydrogens (primary N) is 1. The molecule has 150 valence electrons. The van der Waals surface area contributed by atoms with E-state index < -0.39 is 29.5 Å². The number of aryl methyl sites for hydroxylation is 1. The number of amides is 3. The van der Waals surface area contributed by atoms with Gasteiger partial charge in [0, 0.05) is 12.6 Å². The number of aromatic nitrogens is 1. The van der Waals surface area contributed by atoms with Crippen LogP contribution in [0.3, 0.4) is 0 Å². The maximum atomic E-state index is 13.1. The number of nitrogens with zero attached hydrogens (tertiary/aromatic N) is 2. The largest absolute Gasteiger partial charge is 0.457 e. The van der Waals surface area contributed by atoms with E-state index in [1.807, 2.05) is 6.92 Å². The van der Waals surface area contributed by atoms with Crippen molar-refractivity contribution in [2.24, 2.45) is 11.7 Å². The topological polar surface area (TPSA) is 127 Å². The predicted octanol–water partition coefficient (Wildman–Crippen LogP) is -0.0660. The Morgan fingerprint density at radius 3 is 2.89 bits per heavy atom. The van der Waals surface area contributed by atoms with Crippen LogP contribution in [-0.4, -0.2) is 58.9 Å². The van der Waals surface area contributed by atoms with E-state index in [1.165, 1.54) is 4.90 Å². The highest BCUT2D eigenvalue weighted by molar-refractivity contribution is 6.03. The van der Waals surface area contributed by atoms with E-state index in [4.69, 9.17) is 10.5 Å². The number of hydrogen-bond acceptors (Lipinski definition) is 6. The summed E-state index contributed by atoms with van der Waals surface area (Å²) in [5, 5.41) is 5.84. The van der Waals surface area contributed by atoms with Crippen LogP contribution in [0.2, 0.25) is 0 Å². The van der Waals surface area contributed by atoms with E-state index >= 15 is 0 Å². The number of carbonyl (C=O) groups excluding carboxylic acids is 3. The maximum Gasteiger partial charge on any atom is 0.270 e. The van der Waals surface area contributed by atoms with Crippen LogP contribution in [0.5, 0.6) is 5.88 Å². The molecular weight excluding hydrogens is 362 g/mol. The Bertz CT molecular complexity index is 840. The molecule has 28 heavy (non-hydrogen) atoms. The number of carbonyl (C=O) groups is 3. The van der Waals surface area contributed by atoms with Crippen molar-refractivity contribution in [2.45, 2.75) is 50.3 Å². The van der Waals surface area contributed by atoms with E-state index in [-0.39, 0.29) is 24.8 Å². The fraction of sp³-hybridized carbons (Fsp3) is 0.579. The first-order valence-electron chi connectivity index (χ1n) is 9.57. The number of ether oxygens (including phenoxy) is 1. The van der Waals surface area contributed by atoms with Crippen molar-refractivity contribution in [2.75, 3.05) is 18.9 Å². The van der Waals surface area contributed by atoms with Gasteiger partial charge in [-0.2, -0.15) is 0 Å². The summed E-state index contributed by atoms with van der Waals surface area (Å²) in [4.78, 5) is 43.7. The number of primary amides is 1. The van der Waals surface area contributed by atoms with Crippen molar-refractivity contribution < 1.29 is 19.1 Å². The molecule has 3 amide bonds. The minimum absolute atomic E-state index is 0.00870. The first-order chi connectivity index (χ1) is 13.3. The summed E-state index contributed by atoms with van der Waals surface area (Å²) < 4.78 is 5.97. The normalized spacial score (nSPS) is 27.1. The summed E-state index contributed by atoms with van der Waals surface area (Å²) in [6, 6.07) is 0.452. The highest BCUT2D eigenvalue weighted by Crippen LogP contribution is 2.40. The number of fused-ring (bicyclic) bond motifs is 1. The Morgan fingerprint density at radius 2 is 2.25 bits per heavy atom. The van der Waals surface area contributed by atoms with Crippen molar-refractivity contribution in [1.82, 2.24) is 15.2 Å². The van der Waals surface area contributed by atoms with Crippen molar-refractivity contribution >= 4 is 23.4 Å². The van der Waals surface area contributed by atoms with Crippen molar-refractivity contribution in [1.29, 1.82) is 0 Å². The molecule has 2 fully saturated rings. The van der Waals surface area contributed by atoms with E-state index in [9.17, 15) is 14.4 Å². The number of hydrogen-bond donors (Lipinski definition) is 3. The minimum atomic E-state index is -1.37. The van der Waals surface area contributed by atoms with E-state index in [0.717, 1.165) is 18.4 Å². The zero-order chi connectivity index (χ0) is 20.1. The van der Waals surface area contributed by atoms with Gasteiger partial charge in [0.1, 0.15) is 11.7 Å². The Hall–Kier alpha value is -2.68. The molecule has 1 aromatic rings. The first kappa shape index (κ1) is 18.7. The molecule has 3 heterocycles. The van der Waals surface area contributed by atoms with Gasteiger partial charge in [0.15, 0.2) is 0 Å². The molecule has 3 atom stereocenters. The molecular formula is C19H25N5O4. The number of likely N-dealkylation sites (N-methyl/N-ethyl adjacent to an activating group) is 1. The van der Waals surface area contributed by atoms with Crippen LogP contribution in [-0.2, 0) is 14.4 Å². The molecule has 2 aliphatic heterocycles. The molecule has 4 rings (SSSR count). The van der Waals surface area contributed by atoms with Crippen LogP contribution in [0.4, 0.5) is 5.69 Å². The number of likely N-dealkylation sites (tertiary alicyclic amines) is 1. The molecule has 9 nitrogen and oxygen atoms in total. The fourth-order valence-electron chi connectivity index (χ4n) is 4.02. The van der Waals surface area contributed by atoms with Crippen LogP contribution >= 0.6 is 0 Å². The number of nitrogens with one attached hydrogen (secondary N) is 2. The van der Waals surface area contributed by atoms with Gasteiger partial charge in [0.05, 0.1) is 12.6 Å². The highest BCUT2D eigenvalue weighted by atomic mass is 16.5. The van der Waals surface area contributed by atoms with Crippen molar-refractivity contribution in [3.8, 4) is 5.88 Å². The number of rotatable bonds is 5. The third-order valence-electron chi connectivity index (χ3n) is 5.79. The second-order valence-electron chi connectivity index (χ2n) is 8.02. The van der Waals surface area contributed by atoms with Gasteiger partial charge in [-0.25, -0.2) is 4.98 Å². The van der Waals surface area contributed by atoms with Crippen LogP contribution in [0.15, 0.2) is 12.3 Å². The second kappa shape index (κ2) is 6.73. The van der Waals surface area contributed by atoms with Crippen LogP contribution in [0.25, 0.3) is 0 Å². The third-order valence-corrected chi connectivity index (χ3v) is 5.79. The summed E-state index contributed by atoms with van der Waals surface area (Å²) >= 11 is 0. The molecule has 0 radical (unpaired) electrons. The molecule has 0 bridgehead atoms. The lowest BCUT2D eigenvalue weighted by Crippen LogP contribution is -2.55. The number of pyridine rings is 1. The first-order valence-corrected chi connectivity index (χ1v) is 9.57. The summed E-state index contributed by atoms with van der Waals surface area (Å²) in [5.74, 6) is -0.457. The zero-order valence-corrected chi connectivity index (χ0v) is 16.0. The van der Waals surface area contributed by atoms with Crippen LogP contribution in [0, 0.1) is 12.8 Å². The monoisotopic (exact) mass is 387 g/mol. The summed E-state index contributed by atoms with van der Waals surface area (Å²) in [5.41, 5.74) is 5.57. The van der Waals surface area contributed by atoms with Gasteiger partial charge < -0.3 is 26.0 Å². The van der Waals surface area contributed by atoms with Crippen molar-refractivity contribution in [3.63, 3.8) is 0 Å². The lowest BCUT2D eigenvalue weighted by Gasteiger charge is -2.33. The number of anilines is 1. The molecule has 1 aliphatic carbocycles. The van der Waals surface area contributed by atoms with Crippen molar-refractivity contribution in [3.05, 3.63) is 17.8 Å². The third kappa shape index (κ3) is 3.19. The zero-order valence-electron chi connectivity index (χ0n) is 16.0. The van der Waals surface area contributed by atoms with Gasteiger partial charge in [-0.05, 0) is 37.9 Å². The predicted molar refractivity (Wildman–Crippen MR) is 100 cm³/mol. The smallest absolute Gasteiger partial charge is 0.270 e. The molecule has 1 spiro atoms. The highest BCUT2D eigenvalue weighted by Gasteiger charge is 2.57. The van der Waals surface area contributed by atoms with E-state index in [1.54, 1.807) is 19.3 Å². The maximum absolute atomic E-state index is 13.1. The molecule has 0 aromatic carbocycles. The SMILES string of the molecule is CNC(CC1CC1)C(=O)N1CC2(C[C@H]1C(N)=O)Oc1ncc(C)cc1NC2=O. The van der Waals surface area contributed by atoms with Gasteiger partial charge in [0.2, 0.25) is 23.3 Å². The Kier molecular flexibility index (Phi) is 4.49. The average Bonchev–Trinajstić information content (AvgIpc) is 3.39. The van der Waals surface area contributed by atoms with Crippen LogP contribution < -0.4 is 21.1 Å². The average molecular weight is 387 g/mol. The van der Waals surface area contributed by atoms with Gasteiger partial charge in [-0.1, -0.05) is 12.8 Å². The van der Waals surface area contributed by atoms with Gasteiger partial charge in [0.25, 0.3) is 5.91 Å². The second-order valence-corrected chi connectivity index (χ2v) is 8.02. The molecule has 1 aromatic heterocycles. The summed E-state index contributed by atoms with van der Waals surface area (Å²) in [6.45, 7) is 1.82. The molecule has 9 heteroatoms. The molecule has 3 aliphatic rings. The molecule has 1 saturated carbocycles. The molecule has 1 saturated heterocycles. The summed E-state index contributed by atoms with van der Waals surface area (Å²) in [7, 11) is 1.72. The fourth-order valence-corrected chi connectivity index (χ4v) is 4.02. The Morgan fingerprint density at radius 1 is 1.50 bits per heavy atom. The quantitative estimate of drug-likeness (QED) is 0.649. The lowest BCUT2D eigenvalue weighted by molar-refractivity contribution is -0.140. The Labute approximate surface area is 163 Å². The van der Waals surface area contributed by atoms with E-state index in [2.05, 4.69) is 15.6 Å². The molecule has 2 unspecified atom stereocenters. The standard InChI is InChI=1S/C19H25N5O4/c1-10-5-12-16(22-8-10)28-19(18(27)23-12)7-14(15(20)25)24(9-19)17(26)13(21-2)6-11-3-4-11/h5,8,11,13-14,21H,3-4,6-7,9H2,1-2H3,(H2,20,25)(H,23,27)/t13?,14-,19?/m0/s1. The van der Waals surface area contributed by atoms with Gasteiger partial charge in [-0.3, -0.25) is 14.4 Å². The van der Waals surface area contributed by atoms with Gasteiger partial charge >= 0.3 is 0 Å². The Balaban J connectivity index is 1.61. The van der Waals surface area contributed by atoms with E-state index in [0.29, 0.717) is 18.0 Å². The molecule has 4 N–H and O–H groups in total. The summed E-state index contributed by atoms with van der Waals surface area (Å²) in [6.07, 6.45) is 4.58. The minimum Gasteiger partial charge on any atom is -0.457 e. The van der Waals surface area contributed by atoms with Gasteiger partial charge in [-0.15, -0.1) is 0 Å². The lowest BCUT2D eigenvalue weighted by atomic mass is 9.97.